The maximum absolute atomic E-state index is 13.3. The van der Waals surface area contributed by atoms with Gasteiger partial charge in [-0.15, -0.1) is 0 Å². The summed E-state index contributed by atoms with van der Waals surface area (Å²) in [6.45, 7) is 4.96. The molecule has 1 aromatic rings. The lowest BCUT2D eigenvalue weighted by Gasteiger charge is -2.35. The number of hydrogen-bond donors (Lipinski definition) is 1. The maximum atomic E-state index is 13.3. The summed E-state index contributed by atoms with van der Waals surface area (Å²) in [5, 5.41) is 3.29. The number of rotatable bonds is 4. The first-order chi connectivity index (χ1) is 12.9. The van der Waals surface area contributed by atoms with Crippen molar-refractivity contribution in [1.82, 2.24) is 10.2 Å². The number of ether oxygens (including phenoxy) is 1. The summed E-state index contributed by atoms with van der Waals surface area (Å²) in [5.41, 5.74) is 0.683. The number of nitrogens with one attached hydrogen (secondary N) is 1. The lowest BCUT2D eigenvalue weighted by atomic mass is 9.77. The Morgan fingerprint density at radius 3 is 2.48 bits per heavy atom. The molecule has 1 aliphatic heterocycles. The molecule has 0 spiro atoms. The Labute approximate surface area is 170 Å². The Morgan fingerprint density at radius 2 is 1.89 bits per heavy atom. The molecule has 0 bridgehead atoms. The normalized spacial score (nSPS) is 19.9. The van der Waals surface area contributed by atoms with Gasteiger partial charge < -0.3 is 15.0 Å². The lowest BCUT2D eigenvalue weighted by molar-refractivity contribution is -0.127. The van der Waals surface area contributed by atoms with Crippen LogP contribution in [-0.4, -0.2) is 42.1 Å². The zero-order chi connectivity index (χ0) is 19.4. The highest BCUT2D eigenvalue weighted by atomic mass is 79.9. The quantitative estimate of drug-likeness (QED) is 0.761. The Kier molecular flexibility index (Phi) is 6.45. The molecule has 1 N–H and O–H groups in total. The van der Waals surface area contributed by atoms with Crippen LogP contribution in [0, 0.1) is 0 Å². The molecule has 1 saturated heterocycles. The molecule has 0 radical (unpaired) electrons. The SMILES string of the molecule is CC(C)OC(=O)N1CCC(NC(=O)C2(c3cccc(Br)c3)CCCC2)CC1. The molecular formula is C21H29BrN2O3. The van der Waals surface area contributed by atoms with Crippen LogP contribution in [0.4, 0.5) is 4.79 Å². The van der Waals surface area contributed by atoms with Crippen molar-refractivity contribution in [3.8, 4) is 0 Å². The average Bonchev–Trinajstić information content (AvgIpc) is 3.13. The third-order valence-corrected chi connectivity index (χ3v) is 6.19. The Balaban J connectivity index is 1.62. The van der Waals surface area contributed by atoms with E-state index >= 15 is 0 Å². The number of amides is 2. The zero-order valence-electron chi connectivity index (χ0n) is 16.2. The van der Waals surface area contributed by atoms with Gasteiger partial charge in [-0.3, -0.25) is 4.79 Å². The van der Waals surface area contributed by atoms with E-state index in [4.69, 9.17) is 4.74 Å². The van der Waals surface area contributed by atoms with E-state index in [2.05, 4.69) is 33.4 Å². The molecule has 1 heterocycles. The van der Waals surface area contributed by atoms with Gasteiger partial charge in [0.15, 0.2) is 0 Å². The Morgan fingerprint density at radius 1 is 1.22 bits per heavy atom. The van der Waals surface area contributed by atoms with Gasteiger partial charge in [0.25, 0.3) is 0 Å². The highest BCUT2D eigenvalue weighted by molar-refractivity contribution is 9.10. The van der Waals surface area contributed by atoms with Crippen LogP contribution in [0.2, 0.25) is 0 Å². The zero-order valence-corrected chi connectivity index (χ0v) is 17.8. The average molecular weight is 437 g/mol. The van der Waals surface area contributed by atoms with Gasteiger partial charge in [-0.2, -0.15) is 0 Å². The molecule has 0 atom stereocenters. The van der Waals surface area contributed by atoms with E-state index < -0.39 is 5.41 Å². The van der Waals surface area contributed by atoms with E-state index in [1.54, 1.807) is 4.90 Å². The number of piperidine rings is 1. The molecule has 148 valence electrons. The Hall–Kier alpha value is -1.56. The van der Waals surface area contributed by atoms with E-state index in [0.29, 0.717) is 13.1 Å². The number of hydrogen-bond acceptors (Lipinski definition) is 3. The number of benzene rings is 1. The number of carbonyl (C=O) groups excluding carboxylic acids is 2. The number of carbonyl (C=O) groups is 2. The third-order valence-electron chi connectivity index (χ3n) is 5.69. The van der Waals surface area contributed by atoms with Crippen LogP contribution in [0.15, 0.2) is 28.7 Å². The van der Waals surface area contributed by atoms with Gasteiger partial charge in [-0.05, 0) is 57.2 Å². The molecule has 3 rings (SSSR count). The van der Waals surface area contributed by atoms with E-state index in [-0.39, 0.29) is 24.1 Å². The van der Waals surface area contributed by atoms with Crippen molar-refractivity contribution in [3.05, 3.63) is 34.3 Å². The molecule has 0 aromatic heterocycles. The monoisotopic (exact) mass is 436 g/mol. The fraction of sp³-hybridized carbons (Fsp3) is 0.619. The fourth-order valence-corrected chi connectivity index (χ4v) is 4.62. The van der Waals surface area contributed by atoms with Gasteiger partial charge in [-0.1, -0.05) is 40.9 Å². The predicted molar refractivity (Wildman–Crippen MR) is 109 cm³/mol. The Bertz CT molecular complexity index is 678. The third kappa shape index (κ3) is 4.65. The highest BCUT2D eigenvalue weighted by Gasteiger charge is 2.43. The van der Waals surface area contributed by atoms with Crippen molar-refractivity contribution in [2.24, 2.45) is 0 Å². The summed E-state index contributed by atoms with van der Waals surface area (Å²) in [4.78, 5) is 27.0. The molecule has 2 amide bonds. The van der Waals surface area contributed by atoms with Crippen molar-refractivity contribution in [2.75, 3.05) is 13.1 Å². The van der Waals surface area contributed by atoms with Crippen molar-refractivity contribution in [3.63, 3.8) is 0 Å². The second-order valence-electron chi connectivity index (χ2n) is 7.97. The topological polar surface area (TPSA) is 58.6 Å². The lowest BCUT2D eigenvalue weighted by Crippen LogP contribution is -2.51. The smallest absolute Gasteiger partial charge is 0.410 e. The second-order valence-corrected chi connectivity index (χ2v) is 8.88. The van der Waals surface area contributed by atoms with E-state index in [1.807, 2.05) is 26.0 Å². The number of nitrogens with zero attached hydrogens (tertiary/aromatic N) is 1. The minimum absolute atomic E-state index is 0.109. The standard InChI is InChI=1S/C21H29BrN2O3/c1-15(2)27-20(26)24-12-8-18(9-13-24)23-19(25)21(10-3-4-11-21)16-6-5-7-17(22)14-16/h5-7,14-15,18H,3-4,8-13H2,1-2H3,(H,23,25). The predicted octanol–water partition coefficient (Wildman–Crippen LogP) is 4.39. The van der Waals surface area contributed by atoms with E-state index in [0.717, 1.165) is 48.6 Å². The van der Waals surface area contributed by atoms with Crippen LogP contribution in [-0.2, 0) is 14.9 Å². The molecule has 1 aromatic carbocycles. The van der Waals surface area contributed by atoms with Gasteiger partial charge in [0.2, 0.25) is 5.91 Å². The number of halogens is 1. The van der Waals surface area contributed by atoms with Crippen LogP contribution < -0.4 is 5.32 Å². The van der Waals surface area contributed by atoms with Crippen molar-refractivity contribution < 1.29 is 14.3 Å². The molecule has 0 unspecified atom stereocenters. The van der Waals surface area contributed by atoms with E-state index in [9.17, 15) is 9.59 Å². The second kappa shape index (κ2) is 8.63. The van der Waals surface area contributed by atoms with Crippen molar-refractivity contribution in [1.29, 1.82) is 0 Å². The van der Waals surface area contributed by atoms with Gasteiger partial charge in [0.05, 0.1) is 11.5 Å². The minimum atomic E-state index is -0.419. The molecule has 1 aliphatic carbocycles. The molecule has 27 heavy (non-hydrogen) atoms. The van der Waals surface area contributed by atoms with Crippen LogP contribution in [0.25, 0.3) is 0 Å². The molecule has 6 heteroatoms. The van der Waals surface area contributed by atoms with Crippen LogP contribution in [0.1, 0.15) is 57.9 Å². The number of likely N-dealkylation sites (tertiary alicyclic amines) is 1. The highest BCUT2D eigenvalue weighted by Crippen LogP contribution is 2.42. The molecule has 2 fully saturated rings. The van der Waals surface area contributed by atoms with Gasteiger partial charge in [0, 0.05) is 23.6 Å². The summed E-state index contributed by atoms with van der Waals surface area (Å²) >= 11 is 3.54. The summed E-state index contributed by atoms with van der Waals surface area (Å²) in [5.74, 6) is 0.140. The summed E-state index contributed by atoms with van der Waals surface area (Å²) < 4.78 is 6.28. The van der Waals surface area contributed by atoms with Crippen LogP contribution in [0.5, 0.6) is 0 Å². The van der Waals surface area contributed by atoms with Gasteiger partial charge >= 0.3 is 6.09 Å². The minimum Gasteiger partial charge on any atom is -0.447 e. The van der Waals surface area contributed by atoms with Gasteiger partial charge in [-0.25, -0.2) is 4.79 Å². The summed E-state index contributed by atoms with van der Waals surface area (Å²) in [6, 6.07) is 8.27. The molecule has 5 nitrogen and oxygen atoms in total. The first-order valence-corrected chi connectivity index (χ1v) is 10.7. The van der Waals surface area contributed by atoms with Crippen LogP contribution >= 0.6 is 15.9 Å². The van der Waals surface area contributed by atoms with Crippen molar-refractivity contribution >= 4 is 27.9 Å². The summed E-state index contributed by atoms with van der Waals surface area (Å²) in [6.07, 6.45) is 5.14. The first-order valence-electron chi connectivity index (χ1n) is 9.93. The van der Waals surface area contributed by atoms with Crippen LogP contribution in [0.3, 0.4) is 0 Å². The van der Waals surface area contributed by atoms with Crippen molar-refractivity contribution in [2.45, 2.75) is 69.9 Å². The first kappa shape index (κ1) is 20.2. The maximum Gasteiger partial charge on any atom is 0.410 e. The van der Waals surface area contributed by atoms with Gasteiger partial charge in [0.1, 0.15) is 0 Å². The largest absolute Gasteiger partial charge is 0.447 e. The molecule has 2 aliphatic rings. The molecular weight excluding hydrogens is 408 g/mol. The fourth-order valence-electron chi connectivity index (χ4n) is 4.22. The molecule has 1 saturated carbocycles. The van der Waals surface area contributed by atoms with E-state index in [1.165, 1.54) is 0 Å². The summed E-state index contributed by atoms with van der Waals surface area (Å²) in [7, 11) is 0.